The molecule has 18 heteroatoms. The number of esters is 1. The van der Waals surface area contributed by atoms with E-state index in [9.17, 15) is 45.2 Å². The summed E-state index contributed by atoms with van der Waals surface area (Å²) in [5, 5.41) is 1.97. The highest BCUT2D eigenvalue weighted by atomic mass is 32.2. The smallest absolute Gasteiger partial charge is 0.438 e. The molecule has 2 aliphatic heterocycles. The molecule has 13 nitrogen and oxygen atoms in total. The number of hydrogen-bond donors (Lipinski definition) is 2. The van der Waals surface area contributed by atoms with Crippen LogP contribution >= 0.6 is 0 Å². The van der Waals surface area contributed by atoms with Gasteiger partial charge in [-0.2, -0.15) is 13.2 Å². The minimum Gasteiger partial charge on any atom is -0.471 e. The molecule has 3 fully saturated rings. The highest BCUT2D eigenvalue weighted by Gasteiger charge is 2.62. The Kier molecular flexibility index (Phi) is 10.7. The minimum absolute atomic E-state index is 0.0707. The first-order valence-electron chi connectivity index (χ1n) is 18.0. The van der Waals surface area contributed by atoms with Crippen molar-refractivity contribution in [2.24, 2.45) is 11.8 Å². The Bertz CT molecular complexity index is 1970. The van der Waals surface area contributed by atoms with E-state index in [-0.39, 0.29) is 36.7 Å². The Labute approximate surface area is 309 Å². The summed E-state index contributed by atoms with van der Waals surface area (Å²) in [7, 11) is -4.00. The number of halogens is 4. The maximum atomic E-state index is 14.4. The quantitative estimate of drug-likeness (QED) is 0.232. The van der Waals surface area contributed by atoms with Crippen LogP contribution in [0.5, 0.6) is 5.88 Å². The van der Waals surface area contributed by atoms with Gasteiger partial charge in [0, 0.05) is 24.3 Å². The van der Waals surface area contributed by atoms with Gasteiger partial charge in [-0.15, -0.1) is 0 Å². The number of ether oxygens (including phenoxy) is 2. The number of alkyl halides is 3. The molecule has 5 atom stereocenters. The predicted molar refractivity (Wildman–Crippen MR) is 184 cm³/mol. The van der Waals surface area contributed by atoms with Gasteiger partial charge in [0.2, 0.25) is 33.4 Å². The number of nitrogens with one attached hydrogen (secondary N) is 2. The van der Waals surface area contributed by atoms with E-state index in [0.717, 1.165) is 23.1 Å². The lowest BCUT2D eigenvalue weighted by Gasteiger charge is -2.30. The molecule has 6 rings (SSSR count). The highest BCUT2D eigenvalue weighted by Crippen LogP contribution is 2.46. The molecule has 2 saturated carbocycles. The molecule has 0 bridgehead atoms. The van der Waals surface area contributed by atoms with Crippen LogP contribution in [-0.4, -0.2) is 82.1 Å². The van der Waals surface area contributed by atoms with Gasteiger partial charge in [0.05, 0.1) is 29.2 Å². The number of sulfonamides is 1. The van der Waals surface area contributed by atoms with Crippen LogP contribution in [0.15, 0.2) is 30.4 Å². The normalized spacial score (nSPS) is 27.5. The van der Waals surface area contributed by atoms with Crippen molar-refractivity contribution in [3.05, 3.63) is 41.9 Å². The van der Waals surface area contributed by atoms with Crippen LogP contribution in [0.4, 0.5) is 17.6 Å². The summed E-state index contributed by atoms with van der Waals surface area (Å²) in [6.07, 6.45) is 0.202. The van der Waals surface area contributed by atoms with Crippen LogP contribution in [-0.2, 0) is 40.1 Å². The zero-order chi connectivity index (χ0) is 39.2. The number of aromatic nitrogens is 2. The molecule has 2 aromatic rings. The summed E-state index contributed by atoms with van der Waals surface area (Å²) in [6.45, 7) is 4.60. The van der Waals surface area contributed by atoms with Gasteiger partial charge in [-0.1, -0.05) is 25.0 Å². The molecule has 1 aromatic heterocycles. The van der Waals surface area contributed by atoms with Crippen molar-refractivity contribution in [2.45, 2.75) is 120 Å². The van der Waals surface area contributed by atoms with Gasteiger partial charge < -0.3 is 19.7 Å². The SMILES string of the molecule is CC(C)(C)OC(=O)C[C@H]1CCCCC/C=C\[C@@H]2C[C@@]2(C(=O)NS(=O)(=O)C2CC2)NC(=O)[C@@H]2C[C@@H](Oc3nc4cc(F)ccc4nc3C(F)(F)F)CN2C1=O. The molecule has 2 N–H and O–H groups in total. The maximum absolute atomic E-state index is 14.4. The molecule has 3 heterocycles. The number of fused-ring (bicyclic) bond motifs is 3. The lowest BCUT2D eigenvalue weighted by Crippen LogP contribution is -2.57. The van der Waals surface area contributed by atoms with Crippen LogP contribution in [0, 0.1) is 17.7 Å². The van der Waals surface area contributed by atoms with E-state index in [0.29, 0.717) is 38.5 Å². The van der Waals surface area contributed by atoms with Crippen LogP contribution in [0.3, 0.4) is 0 Å². The van der Waals surface area contributed by atoms with Crippen molar-refractivity contribution in [3.8, 4) is 5.88 Å². The molecule has 0 spiro atoms. The van der Waals surface area contributed by atoms with E-state index in [2.05, 4.69) is 20.0 Å². The van der Waals surface area contributed by atoms with Crippen molar-refractivity contribution < 1.29 is 54.6 Å². The Morgan fingerprint density at radius 1 is 1.06 bits per heavy atom. The first-order valence-corrected chi connectivity index (χ1v) is 19.6. The van der Waals surface area contributed by atoms with Gasteiger partial charge in [0.25, 0.3) is 5.91 Å². The van der Waals surface area contributed by atoms with E-state index in [1.165, 1.54) is 0 Å². The third-order valence-corrected chi connectivity index (χ3v) is 11.7. The summed E-state index contributed by atoms with van der Waals surface area (Å²) in [6, 6.07) is 1.45. The number of carbonyl (C=O) groups excluding carboxylic acids is 4. The average Bonchev–Trinajstić information content (AvgIpc) is 3.98. The van der Waals surface area contributed by atoms with Gasteiger partial charge in [-0.3, -0.25) is 23.9 Å². The van der Waals surface area contributed by atoms with E-state index in [1.807, 2.05) is 6.08 Å². The molecule has 1 aromatic carbocycles. The molecular weight excluding hydrogens is 738 g/mol. The van der Waals surface area contributed by atoms with E-state index in [1.54, 1.807) is 26.8 Å². The Morgan fingerprint density at radius 2 is 1.80 bits per heavy atom. The second kappa shape index (κ2) is 14.7. The molecule has 4 aliphatic rings. The zero-order valence-electron chi connectivity index (χ0n) is 30.1. The number of hydrogen-bond acceptors (Lipinski definition) is 10. The number of allylic oxidation sites excluding steroid dienone is 1. The fourth-order valence-electron chi connectivity index (χ4n) is 7.00. The summed E-state index contributed by atoms with van der Waals surface area (Å²) in [5.41, 5.74) is -4.49. The average molecular weight is 782 g/mol. The Balaban J connectivity index is 1.34. The summed E-state index contributed by atoms with van der Waals surface area (Å²) in [4.78, 5) is 63.9. The first-order chi connectivity index (χ1) is 25.3. The van der Waals surface area contributed by atoms with Crippen molar-refractivity contribution in [1.82, 2.24) is 24.9 Å². The van der Waals surface area contributed by atoms with Crippen LogP contribution in [0.25, 0.3) is 11.0 Å². The number of benzene rings is 1. The topological polar surface area (TPSA) is 174 Å². The second-order valence-electron chi connectivity index (χ2n) is 15.5. The molecule has 54 heavy (non-hydrogen) atoms. The first kappa shape index (κ1) is 39.3. The van der Waals surface area contributed by atoms with E-state index >= 15 is 0 Å². The minimum atomic E-state index is -5.05. The Hall–Kier alpha value is -4.35. The number of nitrogens with zero attached hydrogens (tertiary/aromatic N) is 3. The maximum Gasteiger partial charge on any atom is 0.438 e. The van der Waals surface area contributed by atoms with Crippen LogP contribution in [0.2, 0.25) is 0 Å². The number of carbonyl (C=O) groups is 4. The highest BCUT2D eigenvalue weighted by molar-refractivity contribution is 7.91. The predicted octanol–water partition coefficient (Wildman–Crippen LogP) is 4.49. The summed E-state index contributed by atoms with van der Waals surface area (Å²) >= 11 is 0. The number of rotatable bonds is 7. The zero-order valence-corrected chi connectivity index (χ0v) is 30.9. The van der Waals surface area contributed by atoms with Gasteiger partial charge in [-0.25, -0.2) is 22.8 Å². The summed E-state index contributed by atoms with van der Waals surface area (Å²) in [5.74, 6) is -6.40. The van der Waals surface area contributed by atoms with Gasteiger partial charge in [0.15, 0.2) is 0 Å². The molecule has 2 aliphatic carbocycles. The van der Waals surface area contributed by atoms with E-state index in [4.69, 9.17) is 9.47 Å². The molecule has 0 radical (unpaired) electrons. The standard InChI is InChI=1S/C36H43F4N5O8S/c1-34(2,3)53-28(46)15-20-9-7-5-4-6-8-10-21-18-35(21,33(49)44-54(50,51)24-12-13-24)43-30(47)27-17-23(19-45(27)32(20)48)52-31-29(36(38,39)40)41-25-14-11-22(37)16-26(25)42-31/h8,10-11,14,16,20-21,23-24,27H,4-7,9,12-13,15,17-19H2,1-3H3,(H,43,47)(H,44,49)/b10-8-/t20-,21-,23-,27+,35-/m1/s1. The van der Waals surface area contributed by atoms with Crippen molar-refractivity contribution in [1.29, 1.82) is 0 Å². The Morgan fingerprint density at radius 3 is 2.48 bits per heavy atom. The largest absolute Gasteiger partial charge is 0.471 e. The van der Waals surface area contributed by atoms with Crippen molar-refractivity contribution >= 4 is 44.7 Å². The second-order valence-corrected chi connectivity index (χ2v) is 17.5. The number of amides is 3. The van der Waals surface area contributed by atoms with E-state index < -0.39 is 104 Å². The third kappa shape index (κ3) is 8.95. The fraction of sp³-hybridized carbons (Fsp3) is 0.611. The van der Waals surface area contributed by atoms with Gasteiger partial charge >= 0.3 is 12.1 Å². The van der Waals surface area contributed by atoms with Crippen LogP contribution in [0.1, 0.15) is 90.7 Å². The third-order valence-electron chi connectivity index (χ3n) is 9.93. The fourth-order valence-corrected chi connectivity index (χ4v) is 8.36. The van der Waals surface area contributed by atoms with Gasteiger partial charge in [-0.05, 0) is 71.4 Å². The lowest BCUT2D eigenvalue weighted by molar-refractivity contribution is -0.159. The molecular formula is C36H43F4N5O8S. The monoisotopic (exact) mass is 781 g/mol. The molecule has 0 unspecified atom stereocenters. The summed E-state index contributed by atoms with van der Waals surface area (Å²) < 4.78 is 95.6. The van der Waals surface area contributed by atoms with Gasteiger partial charge in [0.1, 0.15) is 29.1 Å². The lowest BCUT2D eigenvalue weighted by atomic mass is 9.95. The van der Waals surface area contributed by atoms with Crippen LogP contribution < -0.4 is 14.8 Å². The molecule has 3 amide bonds. The van der Waals surface area contributed by atoms with Crippen molar-refractivity contribution in [2.75, 3.05) is 6.54 Å². The molecule has 294 valence electrons. The van der Waals surface area contributed by atoms with Crippen molar-refractivity contribution in [3.63, 3.8) is 0 Å². The molecule has 1 saturated heterocycles.